The summed E-state index contributed by atoms with van der Waals surface area (Å²) in [5.41, 5.74) is 1.29. The van der Waals surface area contributed by atoms with Gasteiger partial charge in [-0.3, -0.25) is 0 Å². The Morgan fingerprint density at radius 2 is 1.75 bits per heavy atom. The molecule has 66 valence electrons. The molecule has 1 aromatic rings. The van der Waals surface area contributed by atoms with Crippen molar-refractivity contribution in [3.8, 4) is 0 Å². The van der Waals surface area contributed by atoms with Crippen LogP contribution in [0.15, 0.2) is 12.1 Å². The van der Waals surface area contributed by atoms with E-state index >= 15 is 0 Å². The van der Waals surface area contributed by atoms with Gasteiger partial charge in [-0.05, 0) is 30.0 Å². The van der Waals surface area contributed by atoms with E-state index in [1.54, 1.807) is 6.92 Å². The molecule has 0 heterocycles. The van der Waals surface area contributed by atoms with Gasteiger partial charge in [-0.1, -0.05) is 13.8 Å². The quantitative estimate of drug-likeness (QED) is 0.606. The first-order valence-corrected chi connectivity index (χ1v) is 3.98. The maximum Gasteiger partial charge on any atom is 0.129 e. The highest BCUT2D eigenvalue weighted by Crippen LogP contribution is 2.23. The Morgan fingerprint density at radius 1 is 1.17 bits per heavy atom. The Bertz CT molecular complexity index is 267. The second kappa shape index (κ2) is 3.21. The SMILES string of the molecule is Cc1cc(F)cc(F)c1C(C)C. The number of benzene rings is 1. The van der Waals surface area contributed by atoms with Crippen LogP contribution in [0.4, 0.5) is 8.78 Å². The summed E-state index contributed by atoms with van der Waals surface area (Å²) in [6.07, 6.45) is 0. The Balaban J connectivity index is 3.28. The smallest absolute Gasteiger partial charge is 0.129 e. The van der Waals surface area contributed by atoms with Crippen LogP contribution in [0.25, 0.3) is 0 Å². The van der Waals surface area contributed by atoms with Crippen LogP contribution in [0.1, 0.15) is 30.9 Å². The van der Waals surface area contributed by atoms with E-state index in [2.05, 4.69) is 0 Å². The molecule has 0 aliphatic carbocycles. The standard InChI is InChI=1S/C10H12F2/c1-6(2)10-7(3)4-8(11)5-9(10)12/h4-6H,1-3H3. The fourth-order valence-corrected chi connectivity index (χ4v) is 1.44. The third-order valence-corrected chi connectivity index (χ3v) is 1.88. The predicted octanol–water partition coefficient (Wildman–Crippen LogP) is 3.40. The van der Waals surface area contributed by atoms with Crippen molar-refractivity contribution in [2.45, 2.75) is 26.7 Å². The Hall–Kier alpha value is -0.920. The maximum absolute atomic E-state index is 13.1. The average molecular weight is 170 g/mol. The molecule has 0 spiro atoms. The predicted molar refractivity (Wildman–Crippen MR) is 45.2 cm³/mol. The molecule has 0 aliphatic heterocycles. The molecule has 0 amide bonds. The van der Waals surface area contributed by atoms with Gasteiger partial charge in [-0.2, -0.15) is 0 Å². The summed E-state index contributed by atoms with van der Waals surface area (Å²) < 4.78 is 25.8. The molecule has 0 nitrogen and oxygen atoms in total. The molecule has 0 fully saturated rings. The van der Waals surface area contributed by atoms with Gasteiger partial charge in [0.2, 0.25) is 0 Å². The van der Waals surface area contributed by atoms with Crippen molar-refractivity contribution in [2.24, 2.45) is 0 Å². The molecule has 0 unspecified atom stereocenters. The second-order valence-corrected chi connectivity index (χ2v) is 3.27. The zero-order chi connectivity index (χ0) is 9.30. The number of hydrogen-bond acceptors (Lipinski definition) is 0. The Morgan fingerprint density at radius 3 is 2.17 bits per heavy atom. The lowest BCUT2D eigenvalue weighted by atomic mass is 9.97. The number of hydrogen-bond donors (Lipinski definition) is 0. The third-order valence-electron chi connectivity index (χ3n) is 1.88. The molecule has 2 heteroatoms. The largest absolute Gasteiger partial charge is 0.207 e. The fraction of sp³-hybridized carbons (Fsp3) is 0.400. The first kappa shape index (κ1) is 9.17. The van der Waals surface area contributed by atoms with E-state index in [9.17, 15) is 8.78 Å². The van der Waals surface area contributed by atoms with Gasteiger partial charge >= 0.3 is 0 Å². The molecule has 0 radical (unpaired) electrons. The first-order valence-electron chi connectivity index (χ1n) is 3.98. The van der Waals surface area contributed by atoms with E-state index in [0.29, 0.717) is 11.1 Å². The van der Waals surface area contributed by atoms with Crippen molar-refractivity contribution >= 4 is 0 Å². The summed E-state index contributed by atoms with van der Waals surface area (Å²) in [5, 5.41) is 0. The van der Waals surface area contributed by atoms with Crippen LogP contribution < -0.4 is 0 Å². The van der Waals surface area contributed by atoms with Crippen molar-refractivity contribution in [1.82, 2.24) is 0 Å². The van der Waals surface area contributed by atoms with Crippen LogP contribution in [-0.4, -0.2) is 0 Å². The van der Waals surface area contributed by atoms with Gasteiger partial charge in [0.25, 0.3) is 0 Å². The van der Waals surface area contributed by atoms with E-state index in [-0.39, 0.29) is 5.92 Å². The minimum Gasteiger partial charge on any atom is -0.207 e. The summed E-state index contributed by atoms with van der Waals surface area (Å²) >= 11 is 0. The lowest BCUT2D eigenvalue weighted by Crippen LogP contribution is -1.97. The summed E-state index contributed by atoms with van der Waals surface area (Å²) in [7, 11) is 0. The monoisotopic (exact) mass is 170 g/mol. The van der Waals surface area contributed by atoms with Crippen LogP contribution in [0.5, 0.6) is 0 Å². The molecule has 1 aromatic carbocycles. The van der Waals surface area contributed by atoms with Crippen molar-refractivity contribution in [3.05, 3.63) is 34.9 Å². The summed E-state index contributed by atoms with van der Waals surface area (Å²) in [4.78, 5) is 0. The van der Waals surface area contributed by atoms with Gasteiger partial charge in [-0.25, -0.2) is 8.78 Å². The highest BCUT2D eigenvalue weighted by Gasteiger charge is 2.10. The molecule has 0 N–H and O–H groups in total. The molecular weight excluding hydrogens is 158 g/mol. The molecule has 0 saturated heterocycles. The summed E-state index contributed by atoms with van der Waals surface area (Å²) in [6, 6.07) is 2.29. The van der Waals surface area contributed by atoms with Crippen LogP contribution in [0.3, 0.4) is 0 Å². The minimum atomic E-state index is -0.505. The van der Waals surface area contributed by atoms with Gasteiger partial charge in [-0.15, -0.1) is 0 Å². The van der Waals surface area contributed by atoms with Gasteiger partial charge < -0.3 is 0 Å². The number of aryl methyl sites for hydroxylation is 1. The molecule has 0 saturated carbocycles. The minimum absolute atomic E-state index is 0.102. The maximum atomic E-state index is 13.1. The lowest BCUT2D eigenvalue weighted by molar-refractivity contribution is 0.562. The van der Waals surface area contributed by atoms with Crippen LogP contribution in [-0.2, 0) is 0 Å². The van der Waals surface area contributed by atoms with E-state index in [1.807, 2.05) is 13.8 Å². The molecule has 0 bridgehead atoms. The zero-order valence-electron chi connectivity index (χ0n) is 7.49. The molecule has 0 aromatic heterocycles. The zero-order valence-corrected chi connectivity index (χ0v) is 7.49. The van der Waals surface area contributed by atoms with Gasteiger partial charge in [0.1, 0.15) is 11.6 Å². The third kappa shape index (κ3) is 1.63. The highest BCUT2D eigenvalue weighted by molar-refractivity contribution is 5.30. The van der Waals surface area contributed by atoms with Crippen molar-refractivity contribution in [2.75, 3.05) is 0 Å². The highest BCUT2D eigenvalue weighted by atomic mass is 19.1. The second-order valence-electron chi connectivity index (χ2n) is 3.27. The van der Waals surface area contributed by atoms with Crippen molar-refractivity contribution in [1.29, 1.82) is 0 Å². The van der Waals surface area contributed by atoms with E-state index < -0.39 is 11.6 Å². The molecule has 12 heavy (non-hydrogen) atoms. The average Bonchev–Trinajstić information content (AvgIpc) is 1.82. The molecule has 0 aliphatic rings. The van der Waals surface area contributed by atoms with Gasteiger partial charge in [0, 0.05) is 6.07 Å². The van der Waals surface area contributed by atoms with Crippen LogP contribution in [0, 0.1) is 18.6 Å². The topological polar surface area (TPSA) is 0 Å². The summed E-state index contributed by atoms with van der Waals surface area (Å²) in [5.74, 6) is -0.845. The molecule has 1 rings (SSSR count). The van der Waals surface area contributed by atoms with Gasteiger partial charge in [0.15, 0.2) is 0 Å². The summed E-state index contributed by atoms with van der Waals surface area (Å²) in [6.45, 7) is 5.51. The van der Waals surface area contributed by atoms with Gasteiger partial charge in [0.05, 0.1) is 0 Å². The Labute approximate surface area is 71.2 Å². The van der Waals surface area contributed by atoms with Crippen molar-refractivity contribution < 1.29 is 8.78 Å². The Kier molecular flexibility index (Phi) is 2.46. The van der Waals surface area contributed by atoms with Crippen molar-refractivity contribution in [3.63, 3.8) is 0 Å². The molecular formula is C10H12F2. The molecule has 0 atom stereocenters. The normalized spacial score (nSPS) is 10.8. The lowest BCUT2D eigenvalue weighted by Gasteiger charge is -2.10. The van der Waals surface area contributed by atoms with E-state index in [0.717, 1.165) is 6.07 Å². The first-order chi connectivity index (χ1) is 5.52. The number of rotatable bonds is 1. The van der Waals surface area contributed by atoms with E-state index in [1.165, 1.54) is 6.07 Å². The number of halogens is 2. The van der Waals surface area contributed by atoms with Crippen LogP contribution >= 0.6 is 0 Å². The fourth-order valence-electron chi connectivity index (χ4n) is 1.44. The van der Waals surface area contributed by atoms with E-state index in [4.69, 9.17) is 0 Å². The van der Waals surface area contributed by atoms with Crippen LogP contribution in [0.2, 0.25) is 0 Å².